The number of carboxylic acid groups (broad SMARTS) is 1. The third kappa shape index (κ3) is 4.03. The molecule has 2 aromatic heterocycles. The van der Waals surface area contributed by atoms with Gasteiger partial charge in [-0.05, 0) is 26.0 Å². The fourth-order valence-electron chi connectivity index (χ4n) is 3.36. The molecule has 0 spiro atoms. The van der Waals surface area contributed by atoms with Gasteiger partial charge in [0.2, 0.25) is 6.41 Å². The van der Waals surface area contributed by atoms with E-state index in [2.05, 4.69) is 9.97 Å². The molecule has 0 aliphatic carbocycles. The Morgan fingerprint density at radius 3 is 2.57 bits per heavy atom. The van der Waals surface area contributed by atoms with Gasteiger partial charge in [-0.1, -0.05) is 11.6 Å². The van der Waals surface area contributed by atoms with E-state index in [4.69, 9.17) is 23.1 Å². The Balaban J connectivity index is 0.00000320. The molecule has 0 atom stereocenters. The first-order valence-electron chi connectivity index (χ1n) is 8.90. The number of carbonyl (C=O) groups is 2. The van der Waals surface area contributed by atoms with Crippen molar-refractivity contribution < 1.29 is 36.2 Å². The van der Waals surface area contributed by atoms with Crippen molar-refractivity contribution in [3.63, 3.8) is 0 Å². The zero-order chi connectivity index (χ0) is 21.3. The number of benzene rings is 1. The fraction of sp³-hybridized carbons (Fsp3) is 0.278. The Morgan fingerprint density at radius 1 is 1.30 bits per heavy atom. The van der Waals surface area contributed by atoms with Crippen LogP contribution in [0.25, 0.3) is 11.0 Å². The van der Waals surface area contributed by atoms with Crippen molar-refractivity contribution >= 4 is 52.5 Å². The van der Waals surface area contributed by atoms with E-state index in [1.165, 1.54) is 4.90 Å². The number of fused-ring (bicyclic) bond motifs is 1. The molecule has 12 heteroatoms. The lowest BCUT2D eigenvalue weighted by Crippen LogP contribution is -3.00. The number of carbonyl (C=O) groups excluding carboxylic acids is 1. The maximum Gasteiger partial charge on any atom is 0.335 e. The monoisotopic (exact) mass is 497 g/mol. The summed E-state index contributed by atoms with van der Waals surface area (Å²) in [5, 5.41) is 9.28. The number of hydrogen-bond donors (Lipinski definition) is 3. The molecule has 30 heavy (non-hydrogen) atoms. The third-order valence-electron chi connectivity index (χ3n) is 4.66. The van der Waals surface area contributed by atoms with Crippen molar-refractivity contribution in [3.05, 3.63) is 34.7 Å². The highest BCUT2D eigenvalue weighted by Gasteiger charge is 2.28. The molecule has 0 radical (unpaired) electrons. The van der Waals surface area contributed by atoms with Crippen LogP contribution in [0.2, 0.25) is 5.15 Å². The van der Waals surface area contributed by atoms with E-state index in [1.807, 2.05) is 23.0 Å². The van der Waals surface area contributed by atoms with Crippen molar-refractivity contribution in [2.75, 3.05) is 16.4 Å². The molecule has 0 saturated carbocycles. The van der Waals surface area contributed by atoms with Gasteiger partial charge in [-0.3, -0.25) is 9.69 Å². The highest BCUT2D eigenvalue weighted by atomic mass is 79.9. The third-order valence-corrected chi connectivity index (χ3v) is 4.93. The Hall–Kier alpha value is -2.92. The molecule has 0 bridgehead atoms. The van der Waals surface area contributed by atoms with Crippen molar-refractivity contribution in [3.8, 4) is 0 Å². The lowest BCUT2D eigenvalue weighted by atomic mass is 10.2. The molecule has 0 saturated heterocycles. The summed E-state index contributed by atoms with van der Waals surface area (Å²) in [5.74, 6) is -0.176. The average molecular weight is 499 g/mol. The molecular formula is C18H21BrClN7O3. The van der Waals surface area contributed by atoms with Crippen molar-refractivity contribution in [1.82, 2.24) is 14.5 Å². The normalized spacial score (nSPS) is 10.6. The van der Waals surface area contributed by atoms with Crippen LogP contribution in [-0.4, -0.2) is 32.0 Å². The number of aromatic carboxylic acids is 1. The molecule has 3 rings (SSSR count). The first kappa shape index (κ1) is 23.4. The number of aromatic nitrogens is 4. The Kier molecular flexibility index (Phi) is 7.21. The topological polar surface area (TPSA) is 144 Å². The molecule has 0 unspecified atom stereocenters. The number of carboxylic acids is 1. The van der Waals surface area contributed by atoms with Gasteiger partial charge in [0.15, 0.2) is 33.6 Å². The number of aryl methyl sites for hydroxylation is 2. The minimum Gasteiger partial charge on any atom is -1.00 e. The number of nitrogen functional groups attached to an aromatic ring is 2. The Labute approximate surface area is 187 Å². The summed E-state index contributed by atoms with van der Waals surface area (Å²) in [6.45, 7) is 5.21. The first-order valence-corrected chi connectivity index (χ1v) is 9.28. The average Bonchev–Trinajstić information content (AvgIpc) is 3.00. The quantitative estimate of drug-likeness (QED) is 0.264. The fourth-order valence-corrected chi connectivity index (χ4v) is 3.48. The van der Waals surface area contributed by atoms with Crippen LogP contribution in [0.5, 0.6) is 0 Å². The summed E-state index contributed by atoms with van der Waals surface area (Å²) >= 11 is 5.96. The van der Waals surface area contributed by atoms with E-state index in [9.17, 15) is 14.7 Å². The van der Waals surface area contributed by atoms with Gasteiger partial charge in [-0.25, -0.2) is 23.9 Å². The summed E-state index contributed by atoms with van der Waals surface area (Å²) < 4.78 is 3.95. The van der Waals surface area contributed by atoms with E-state index in [1.54, 1.807) is 18.2 Å². The molecule has 160 valence electrons. The summed E-state index contributed by atoms with van der Waals surface area (Å²) in [5.41, 5.74) is 13.3. The number of nitrogens with zero attached hydrogens (tertiary/aromatic N) is 5. The molecule has 5 N–H and O–H groups in total. The molecule has 1 amide bonds. The smallest absolute Gasteiger partial charge is 0.335 e. The minimum atomic E-state index is -1.01. The summed E-state index contributed by atoms with van der Waals surface area (Å²) in [7, 11) is 0. The van der Waals surface area contributed by atoms with Gasteiger partial charge in [0.05, 0.1) is 18.7 Å². The van der Waals surface area contributed by atoms with Crippen LogP contribution >= 0.6 is 11.6 Å². The van der Waals surface area contributed by atoms with Gasteiger partial charge in [0, 0.05) is 6.07 Å². The number of hydrogen-bond acceptors (Lipinski definition) is 6. The van der Waals surface area contributed by atoms with Gasteiger partial charge < -0.3 is 33.6 Å². The first-order chi connectivity index (χ1) is 13.8. The van der Waals surface area contributed by atoms with Crippen LogP contribution < -0.4 is 37.9 Å². The van der Waals surface area contributed by atoms with E-state index < -0.39 is 5.97 Å². The molecule has 0 fully saturated rings. The summed E-state index contributed by atoms with van der Waals surface area (Å²) in [4.78, 5) is 32.5. The van der Waals surface area contributed by atoms with E-state index >= 15 is 0 Å². The SMILES string of the molecule is CCn1c(CN(C=O)c2nc(Cl)c(N)nc2N)[n+](CC)c2ccc(C(=O)O)cc21.[Br-]. The Bertz CT molecular complexity index is 1120. The van der Waals surface area contributed by atoms with Crippen LogP contribution in [0.15, 0.2) is 18.2 Å². The van der Waals surface area contributed by atoms with E-state index in [0.29, 0.717) is 19.5 Å². The number of rotatable bonds is 7. The Morgan fingerprint density at radius 2 is 2.00 bits per heavy atom. The van der Waals surface area contributed by atoms with Gasteiger partial charge in [-0.15, -0.1) is 0 Å². The number of amides is 1. The second-order valence-electron chi connectivity index (χ2n) is 6.26. The second-order valence-corrected chi connectivity index (χ2v) is 6.61. The lowest BCUT2D eigenvalue weighted by molar-refractivity contribution is -0.676. The molecule has 10 nitrogen and oxygen atoms in total. The summed E-state index contributed by atoms with van der Waals surface area (Å²) in [6, 6.07) is 4.94. The second kappa shape index (κ2) is 9.26. The predicted octanol–water partition coefficient (Wildman–Crippen LogP) is -1.56. The van der Waals surface area contributed by atoms with Crippen LogP contribution in [0, 0.1) is 0 Å². The zero-order valence-electron chi connectivity index (χ0n) is 16.3. The maximum atomic E-state index is 11.8. The lowest BCUT2D eigenvalue weighted by Gasteiger charge is -2.17. The van der Waals surface area contributed by atoms with Gasteiger partial charge >= 0.3 is 5.97 Å². The number of halogens is 2. The van der Waals surface area contributed by atoms with E-state index in [0.717, 1.165) is 16.9 Å². The number of nitrogens with two attached hydrogens (primary N) is 2. The van der Waals surface area contributed by atoms with Crippen molar-refractivity contribution in [2.24, 2.45) is 0 Å². The van der Waals surface area contributed by atoms with Gasteiger partial charge in [0.1, 0.15) is 6.54 Å². The molecular weight excluding hydrogens is 478 g/mol. The van der Waals surface area contributed by atoms with Crippen LogP contribution in [0.1, 0.15) is 30.0 Å². The van der Waals surface area contributed by atoms with Crippen LogP contribution in [-0.2, 0) is 24.4 Å². The largest absolute Gasteiger partial charge is 1.00 e. The molecule has 1 aromatic carbocycles. The van der Waals surface area contributed by atoms with Gasteiger partial charge in [-0.2, -0.15) is 0 Å². The highest BCUT2D eigenvalue weighted by Crippen LogP contribution is 2.26. The predicted molar refractivity (Wildman–Crippen MR) is 109 cm³/mol. The van der Waals surface area contributed by atoms with Crippen molar-refractivity contribution in [2.45, 2.75) is 33.5 Å². The molecule has 0 aliphatic rings. The van der Waals surface area contributed by atoms with E-state index in [-0.39, 0.29) is 51.7 Å². The molecule has 2 heterocycles. The number of anilines is 3. The van der Waals surface area contributed by atoms with Crippen LogP contribution in [0.3, 0.4) is 0 Å². The maximum absolute atomic E-state index is 11.8. The number of imidazole rings is 1. The van der Waals surface area contributed by atoms with Crippen molar-refractivity contribution in [1.29, 1.82) is 0 Å². The molecule has 3 aromatic rings. The summed E-state index contributed by atoms with van der Waals surface area (Å²) in [6.07, 6.45) is 0.591. The van der Waals surface area contributed by atoms with Gasteiger partial charge in [0.25, 0.3) is 5.82 Å². The zero-order valence-corrected chi connectivity index (χ0v) is 18.7. The highest BCUT2D eigenvalue weighted by molar-refractivity contribution is 6.31. The standard InChI is InChI=1S/C18H20ClN7O3.BrH/c1-3-25-11-6-5-10(18(28)29)7-12(11)26(4-2)13(25)8-24(9-27)17-16(21)23-15(20)14(19)22-17;/h5-7,9H,3-4,8H2,1-2H3,(H4-,20,21,23,28,29);1H. The minimum absolute atomic E-state index is 0. The van der Waals surface area contributed by atoms with Crippen LogP contribution in [0.4, 0.5) is 17.5 Å². The molecule has 0 aliphatic heterocycles.